The van der Waals surface area contributed by atoms with Gasteiger partial charge < -0.3 is 10.5 Å². The highest BCUT2D eigenvalue weighted by Gasteiger charge is 2.13. The Morgan fingerprint density at radius 1 is 1.60 bits per heavy atom. The molecule has 0 aromatic carbocycles. The molecule has 0 unspecified atom stereocenters. The van der Waals surface area contributed by atoms with Crippen molar-refractivity contribution in [3.63, 3.8) is 0 Å². The molecule has 1 aromatic rings. The van der Waals surface area contributed by atoms with Crippen LogP contribution in [0.25, 0.3) is 0 Å². The minimum absolute atomic E-state index is 0. The summed E-state index contributed by atoms with van der Waals surface area (Å²) in [4.78, 5) is 15.5. The van der Waals surface area contributed by atoms with Crippen molar-refractivity contribution < 1.29 is 9.53 Å². The van der Waals surface area contributed by atoms with Gasteiger partial charge >= 0.3 is 5.97 Å². The van der Waals surface area contributed by atoms with Crippen LogP contribution in [0.2, 0.25) is 0 Å². The van der Waals surface area contributed by atoms with E-state index in [1.807, 2.05) is 0 Å². The number of ether oxygens (including phenoxy) is 1. The Kier molecular flexibility index (Phi) is 5.89. The Morgan fingerprint density at radius 3 is 2.80 bits per heavy atom. The van der Waals surface area contributed by atoms with Gasteiger partial charge in [-0.3, -0.25) is 4.98 Å². The molecule has 1 aromatic heterocycles. The van der Waals surface area contributed by atoms with Crippen molar-refractivity contribution in [2.45, 2.75) is 26.5 Å². The van der Waals surface area contributed by atoms with Crippen LogP contribution in [-0.2, 0) is 11.3 Å². The van der Waals surface area contributed by atoms with E-state index in [-0.39, 0.29) is 31.0 Å². The minimum Gasteiger partial charge on any atom is -0.459 e. The number of rotatable bonds is 3. The number of hydrogen-bond donors (Lipinski definition) is 1. The molecule has 0 bridgehead atoms. The first kappa shape index (κ1) is 13.9. The van der Waals surface area contributed by atoms with Gasteiger partial charge in [-0.2, -0.15) is 0 Å². The molecule has 0 radical (unpaired) electrons. The van der Waals surface area contributed by atoms with Gasteiger partial charge in [-0.05, 0) is 26.0 Å². The largest absolute Gasteiger partial charge is 0.459 e. The SMILES string of the molecule is CC(C)OC(=O)c1cccnc1CN.Cl. The Bertz CT molecular complexity index is 329. The van der Waals surface area contributed by atoms with E-state index in [9.17, 15) is 4.79 Å². The maximum Gasteiger partial charge on any atom is 0.340 e. The van der Waals surface area contributed by atoms with Gasteiger partial charge in [-0.15, -0.1) is 12.4 Å². The van der Waals surface area contributed by atoms with E-state index < -0.39 is 0 Å². The quantitative estimate of drug-likeness (QED) is 0.800. The van der Waals surface area contributed by atoms with Gasteiger partial charge in [-0.25, -0.2) is 4.79 Å². The maximum absolute atomic E-state index is 11.5. The highest BCUT2D eigenvalue weighted by Crippen LogP contribution is 2.07. The predicted molar refractivity (Wildman–Crippen MR) is 59.9 cm³/mol. The summed E-state index contributed by atoms with van der Waals surface area (Å²) in [6.07, 6.45) is 1.47. The summed E-state index contributed by atoms with van der Waals surface area (Å²) < 4.78 is 5.04. The molecule has 0 aliphatic rings. The third-order valence-corrected chi connectivity index (χ3v) is 1.65. The molecule has 4 nitrogen and oxygen atoms in total. The first-order valence-corrected chi connectivity index (χ1v) is 4.50. The molecule has 0 amide bonds. The summed E-state index contributed by atoms with van der Waals surface area (Å²) in [5.74, 6) is -0.367. The number of esters is 1. The van der Waals surface area contributed by atoms with Crippen LogP contribution < -0.4 is 5.73 Å². The van der Waals surface area contributed by atoms with Gasteiger partial charge in [0.25, 0.3) is 0 Å². The monoisotopic (exact) mass is 230 g/mol. The van der Waals surface area contributed by atoms with Gasteiger partial charge in [0.05, 0.1) is 17.4 Å². The number of carbonyl (C=O) groups is 1. The standard InChI is InChI=1S/C10H14N2O2.ClH/c1-7(2)14-10(13)8-4-3-5-12-9(8)6-11;/h3-5,7H,6,11H2,1-2H3;1H. The van der Waals surface area contributed by atoms with Crippen molar-refractivity contribution in [2.75, 3.05) is 0 Å². The Balaban J connectivity index is 0.00000196. The van der Waals surface area contributed by atoms with E-state index in [0.717, 1.165) is 0 Å². The Hall–Kier alpha value is -1.13. The number of carbonyl (C=O) groups excluding carboxylic acids is 1. The molecule has 5 heteroatoms. The topological polar surface area (TPSA) is 65.2 Å². The first-order valence-electron chi connectivity index (χ1n) is 4.50. The van der Waals surface area contributed by atoms with Crippen molar-refractivity contribution >= 4 is 18.4 Å². The van der Waals surface area contributed by atoms with Crippen LogP contribution in [0.5, 0.6) is 0 Å². The lowest BCUT2D eigenvalue weighted by molar-refractivity contribution is 0.0376. The normalized spacial score (nSPS) is 9.60. The molecule has 1 rings (SSSR count). The van der Waals surface area contributed by atoms with Crippen molar-refractivity contribution in [1.82, 2.24) is 4.98 Å². The molecule has 84 valence electrons. The van der Waals surface area contributed by atoms with E-state index >= 15 is 0 Å². The van der Waals surface area contributed by atoms with Crippen LogP contribution in [0.3, 0.4) is 0 Å². The number of hydrogen-bond acceptors (Lipinski definition) is 4. The summed E-state index contributed by atoms with van der Waals surface area (Å²) in [7, 11) is 0. The van der Waals surface area contributed by atoms with Crippen molar-refractivity contribution in [2.24, 2.45) is 5.73 Å². The molecule has 0 spiro atoms. The second-order valence-corrected chi connectivity index (χ2v) is 3.16. The zero-order valence-corrected chi connectivity index (χ0v) is 9.58. The highest BCUT2D eigenvalue weighted by atomic mass is 35.5. The first-order chi connectivity index (χ1) is 6.65. The number of nitrogens with two attached hydrogens (primary N) is 1. The average molecular weight is 231 g/mol. The zero-order chi connectivity index (χ0) is 10.6. The van der Waals surface area contributed by atoms with E-state index in [2.05, 4.69) is 4.98 Å². The smallest absolute Gasteiger partial charge is 0.340 e. The Morgan fingerprint density at radius 2 is 2.27 bits per heavy atom. The van der Waals surface area contributed by atoms with Crippen LogP contribution >= 0.6 is 12.4 Å². The predicted octanol–water partition coefficient (Wildman–Crippen LogP) is 1.53. The fourth-order valence-corrected chi connectivity index (χ4v) is 1.06. The lowest BCUT2D eigenvalue weighted by atomic mass is 10.2. The van der Waals surface area contributed by atoms with Gasteiger partial charge in [0.15, 0.2) is 0 Å². The molecule has 0 saturated carbocycles. The molecule has 15 heavy (non-hydrogen) atoms. The van der Waals surface area contributed by atoms with Crippen LogP contribution in [-0.4, -0.2) is 17.1 Å². The van der Waals surface area contributed by atoms with Crippen LogP contribution in [0.15, 0.2) is 18.3 Å². The second kappa shape index (κ2) is 6.37. The third-order valence-electron chi connectivity index (χ3n) is 1.65. The highest BCUT2D eigenvalue weighted by molar-refractivity contribution is 5.90. The van der Waals surface area contributed by atoms with E-state index in [1.54, 1.807) is 32.2 Å². The second-order valence-electron chi connectivity index (χ2n) is 3.16. The summed E-state index contributed by atoms with van der Waals surface area (Å²) in [6, 6.07) is 3.36. The van der Waals surface area contributed by atoms with Gasteiger partial charge in [0.2, 0.25) is 0 Å². The molecule has 0 aliphatic carbocycles. The van der Waals surface area contributed by atoms with Gasteiger partial charge in [0.1, 0.15) is 0 Å². The maximum atomic E-state index is 11.5. The summed E-state index contributed by atoms with van der Waals surface area (Å²) in [6.45, 7) is 3.84. The van der Waals surface area contributed by atoms with Crippen LogP contribution in [0.4, 0.5) is 0 Å². The molecular weight excluding hydrogens is 216 g/mol. The molecule has 0 aliphatic heterocycles. The van der Waals surface area contributed by atoms with Crippen LogP contribution in [0.1, 0.15) is 29.9 Å². The molecule has 0 fully saturated rings. The lowest BCUT2D eigenvalue weighted by Crippen LogP contribution is -2.15. The van der Waals surface area contributed by atoms with Crippen LogP contribution in [0, 0.1) is 0 Å². The molecule has 1 heterocycles. The number of aromatic nitrogens is 1. The van der Waals surface area contributed by atoms with E-state index in [4.69, 9.17) is 10.5 Å². The summed E-state index contributed by atoms with van der Waals surface area (Å²) in [5, 5.41) is 0. The minimum atomic E-state index is -0.367. The molecule has 0 saturated heterocycles. The van der Waals surface area contributed by atoms with Gasteiger partial charge in [-0.1, -0.05) is 0 Å². The summed E-state index contributed by atoms with van der Waals surface area (Å²) in [5.41, 5.74) is 6.46. The van der Waals surface area contributed by atoms with Crippen molar-refractivity contribution in [1.29, 1.82) is 0 Å². The van der Waals surface area contributed by atoms with Crippen molar-refractivity contribution in [3.05, 3.63) is 29.6 Å². The lowest BCUT2D eigenvalue weighted by Gasteiger charge is -2.09. The third kappa shape index (κ3) is 3.85. The van der Waals surface area contributed by atoms with Gasteiger partial charge in [0, 0.05) is 12.7 Å². The van der Waals surface area contributed by atoms with E-state index in [1.165, 1.54) is 0 Å². The molecule has 0 atom stereocenters. The van der Waals surface area contributed by atoms with E-state index in [0.29, 0.717) is 11.3 Å². The fraction of sp³-hybridized carbons (Fsp3) is 0.400. The van der Waals surface area contributed by atoms with Crippen molar-refractivity contribution in [3.8, 4) is 0 Å². The number of pyridine rings is 1. The molecule has 2 N–H and O–H groups in total. The fourth-order valence-electron chi connectivity index (χ4n) is 1.06. The summed E-state index contributed by atoms with van der Waals surface area (Å²) >= 11 is 0. The number of nitrogens with zero attached hydrogens (tertiary/aromatic N) is 1. The number of halogens is 1. The molecular formula is C10H15ClN2O2. The average Bonchev–Trinajstić information content (AvgIpc) is 2.16. The Labute approximate surface area is 95.2 Å². The zero-order valence-electron chi connectivity index (χ0n) is 8.77.